The van der Waals surface area contributed by atoms with Crippen molar-refractivity contribution in [3.8, 4) is 0 Å². The molecule has 1 aromatic carbocycles. The fourth-order valence-electron chi connectivity index (χ4n) is 2.32. The van der Waals surface area contributed by atoms with Crippen LogP contribution < -0.4 is 5.73 Å². The summed E-state index contributed by atoms with van der Waals surface area (Å²) in [6, 6.07) is 7.97. The Morgan fingerprint density at radius 2 is 2.15 bits per heavy atom. The first-order valence-corrected chi connectivity index (χ1v) is 6.79. The van der Waals surface area contributed by atoms with Gasteiger partial charge in [-0.05, 0) is 19.9 Å². The van der Waals surface area contributed by atoms with Crippen molar-refractivity contribution >= 4 is 16.9 Å². The summed E-state index contributed by atoms with van der Waals surface area (Å²) in [7, 11) is 1.90. The summed E-state index contributed by atoms with van der Waals surface area (Å²) in [6.45, 7) is 4.22. The lowest BCUT2D eigenvalue weighted by atomic mass is 9.85. The first kappa shape index (κ1) is 14.5. The number of para-hydroxylation sites is 1. The van der Waals surface area contributed by atoms with Crippen LogP contribution >= 0.6 is 0 Å². The maximum atomic E-state index is 12.1. The van der Waals surface area contributed by atoms with Gasteiger partial charge < -0.3 is 10.5 Å². The Morgan fingerprint density at radius 1 is 1.45 bits per heavy atom. The van der Waals surface area contributed by atoms with Gasteiger partial charge in [0.25, 0.3) is 0 Å². The van der Waals surface area contributed by atoms with Crippen molar-refractivity contribution in [2.45, 2.75) is 20.3 Å². The first-order chi connectivity index (χ1) is 9.51. The summed E-state index contributed by atoms with van der Waals surface area (Å²) in [5.41, 5.74) is 6.98. The molecule has 20 heavy (non-hydrogen) atoms. The molecular formula is C15H21N3O2. The van der Waals surface area contributed by atoms with Crippen molar-refractivity contribution in [1.82, 2.24) is 9.78 Å². The molecule has 1 aromatic heterocycles. The maximum Gasteiger partial charge on any atom is 0.313 e. The highest BCUT2D eigenvalue weighted by atomic mass is 16.5. The third-order valence-electron chi connectivity index (χ3n) is 3.61. The van der Waals surface area contributed by atoms with Gasteiger partial charge in [0.05, 0.1) is 23.2 Å². The second kappa shape index (κ2) is 5.63. The number of rotatable bonds is 5. The zero-order valence-corrected chi connectivity index (χ0v) is 12.2. The van der Waals surface area contributed by atoms with Crippen LogP contribution in [0.5, 0.6) is 0 Å². The Labute approximate surface area is 118 Å². The summed E-state index contributed by atoms with van der Waals surface area (Å²) in [4.78, 5) is 12.1. The molecule has 0 saturated carbocycles. The number of fused-ring (bicyclic) bond motifs is 1. The Hall–Kier alpha value is -1.88. The lowest BCUT2D eigenvalue weighted by Gasteiger charge is -2.24. The fourth-order valence-corrected chi connectivity index (χ4v) is 2.32. The number of ether oxygens (including phenoxy) is 1. The van der Waals surface area contributed by atoms with E-state index in [1.54, 1.807) is 6.92 Å². The van der Waals surface area contributed by atoms with Crippen molar-refractivity contribution in [3.05, 3.63) is 30.0 Å². The van der Waals surface area contributed by atoms with Gasteiger partial charge in [0.1, 0.15) is 0 Å². The number of nitrogens with zero attached hydrogens (tertiary/aromatic N) is 2. The number of aryl methyl sites for hydroxylation is 1. The van der Waals surface area contributed by atoms with Crippen molar-refractivity contribution < 1.29 is 9.53 Å². The van der Waals surface area contributed by atoms with Crippen LogP contribution in [-0.4, -0.2) is 28.9 Å². The smallest absolute Gasteiger partial charge is 0.313 e. The standard InChI is InChI=1S/C15H21N3O2/c1-4-20-14(19)15(2,10-16)9-12-11-7-5-6-8-13(11)18(3)17-12/h5-8H,4,9-10,16H2,1-3H3. The monoisotopic (exact) mass is 275 g/mol. The molecule has 0 aliphatic carbocycles. The van der Waals surface area contributed by atoms with E-state index in [2.05, 4.69) is 5.10 Å². The van der Waals surface area contributed by atoms with Gasteiger partial charge in [0.2, 0.25) is 0 Å². The quantitative estimate of drug-likeness (QED) is 0.842. The van der Waals surface area contributed by atoms with E-state index in [-0.39, 0.29) is 12.5 Å². The predicted molar refractivity (Wildman–Crippen MR) is 78.2 cm³/mol. The van der Waals surface area contributed by atoms with Crippen molar-refractivity contribution in [3.63, 3.8) is 0 Å². The van der Waals surface area contributed by atoms with Gasteiger partial charge in [-0.15, -0.1) is 0 Å². The minimum Gasteiger partial charge on any atom is -0.466 e. The Kier molecular flexibility index (Phi) is 4.09. The molecule has 0 spiro atoms. The third kappa shape index (κ3) is 2.54. The van der Waals surface area contributed by atoms with Crippen LogP contribution in [-0.2, 0) is 23.0 Å². The van der Waals surface area contributed by atoms with Gasteiger partial charge in [-0.1, -0.05) is 18.2 Å². The summed E-state index contributed by atoms with van der Waals surface area (Å²) in [5.74, 6) is -0.266. The molecule has 0 bridgehead atoms. The average Bonchev–Trinajstić information content (AvgIpc) is 2.76. The number of esters is 1. The molecule has 0 fully saturated rings. The average molecular weight is 275 g/mol. The van der Waals surface area contributed by atoms with Gasteiger partial charge in [-0.25, -0.2) is 0 Å². The molecule has 108 valence electrons. The number of carbonyl (C=O) groups is 1. The highest BCUT2D eigenvalue weighted by Crippen LogP contribution is 2.27. The summed E-state index contributed by atoms with van der Waals surface area (Å²) < 4.78 is 6.96. The van der Waals surface area contributed by atoms with E-state index in [9.17, 15) is 4.79 Å². The molecule has 5 heteroatoms. The molecular weight excluding hydrogens is 254 g/mol. The Balaban J connectivity index is 2.37. The third-order valence-corrected chi connectivity index (χ3v) is 3.61. The van der Waals surface area contributed by atoms with Crippen LogP contribution in [0.25, 0.3) is 10.9 Å². The molecule has 0 amide bonds. The minimum atomic E-state index is -0.743. The lowest BCUT2D eigenvalue weighted by molar-refractivity contribution is -0.153. The van der Waals surface area contributed by atoms with Crippen molar-refractivity contribution in [2.75, 3.05) is 13.2 Å². The number of nitrogens with two attached hydrogens (primary N) is 1. The first-order valence-electron chi connectivity index (χ1n) is 6.79. The second-order valence-corrected chi connectivity index (χ2v) is 5.25. The number of carbonyl (C=O) groups excluding carboxylic acids is 1. The topological polar surface area (TPSA) is 70.1 Å². The van der Waals surface area contributed by atoms with Gasteiger partial charge in [-0.3, -0.25) is 9.48 Å². The Bertz CT molecular complexity index is 621. The van der Waals surface area contributed by atoms with Crippen molar-refractivity contribution in [1.29, 1.82) is 0 Å². The van der Waals surface area contributed by atoms with E-state index >= 15 is 0 Å². The largest absolute Gasteiger partial charge is 0.466 e. The molecule has 0 radical (unpaired) electrons. The summed E-state index contributed by atoms with van der Waals surface area (Å²) in [5, 5.41) is 5.57. The Morgan fingerprint density at radius 3 is 2.80 bits per heavy atom. The van der Waals surface area contributed by atoms with E-state index in [1.807, 2.05) is 42.9 Å². The predicted octanol–water partition coefficient (Wildman–Crippen LogP) is 1.64. The molecule has 2 N–H and O–H groups in total. The normalized spacial score (nSPS) is 14.2. The van der Waals surface area contributed by atoms with Crippen LogP contribution in [0.15, 0.2) is 24.3 Å². The van der Waals surface area contributed by atoms with E-state index in [0.29, 0.717) is 13.0 Å². The summed E-state index contributed by atoms with van der Waals surface area (Å²) >= 11 is 0. The lowest BCUT2D eigenvalue weighted by Crippen LogP contribution is -2.39. The van der Waals surface area contributed by atoms with Crippen LogP contribution in [0, 0.1) is 5.41 Å². The molecule has 2 aromatic rings. The number of hydrogen-bond donors (Lipinski definition) is 1. The minimum absolute atomic E-state index is 0.233. The molecule has 1 atom stereocenters. The highest BCUT2D eigenvalue weighted by molar-refractivity contribution is 5.83. The molecule has 1 heterocycles. The van der Waals surface area contributed by atoms with Crippen LogP contribution in [0.1, 0.15) is 19.5 Å². The highest BCUT2D eigenvalue weighted by Gasteiger charge is 2.35. The number of benzene rings is 1. The number of hydrogen-bond acceptors (Lipinski definition) is 4. The SMILES string of the molecule is CCOC(=O)C(C)(CN)Cc1nn(C)c2ccccc12. The molecule has 0 aliphatic rings. The van der Waals surface area contributed by atoms with Crippen molar-refractivity contribution in [2.24, 2.45) is 18.2 Å². The van der Waals surface area contributed by atoms with Gasteiger partial charge in [0.15, 0.2) is 0 Å². The fraction of sp³-hybridized carbons (Fsp3) is 0.467. The van der Waals surface area contributed by atoms with E-state index in [1.165, 1.54) is 0 Å². The second-order valence-electron chi connectivity index (χ2n) is 5.25. The maximum absolute atomic E-state index is 12.1. The van der Waals surface area contributed by atoms with Crippen LogP contribution in [0.2, 0.25) is 0 Å². The number of aromatic nitrogens is 2. The van der Waals surface area contributed by atoms with E-state index < -0.39 is 5.41 Å². The molecule has 1 unspecified atom stereocenters. The molecule has 5 nitrogen and oxygen atoms in total. The van der Waals surface area contributed by atoms with Gasteiger partial charge in [-0.2, -0.15) is 5.10 Å². The molecule has 2 rings (SSSR count). The molecule has 0 aliphatic heterocycles. The zero-order chi connectivity index (χ0) is 14.8. The van der Waals surface area contributed by atoms with Gasteiger partial charge in [0, 0.05) is 25.4 Å². The molecule has 0 saturated heterocycles. The van der Waals surface area contributed by atoms with Gasteiger partial charge >= 0.3 is 5.97 Å². The zero-order valence-electron chi connectivity index (χ0n) is 12.2. The van der Waals surface area contributed by atoms with E-state index in [4.69, 9.17) is 10.5 Å². The van der Waals surface area contributed by atoms with Crippen LogP contribution in [0.3, 0.4) is 0 Å². The summed E-state index contributed by atoms with van der Waals surface area (Å²) in [6.07, 6.45) is 0.476. The van der Waals surface area contributed by atoms with Crippen LogP contribution in [0.4, 0.5) is 0 Å². The van der Waals surface area contributed by atoms with E-state index in [0.717, 1.165) is 16.6 Å².